The van der Waals surface area contributed by atoms with E-state index in [1.807, 2.05) is 23.9 Å². The van der Waals surface area contributed by atoms with Gasteiger partial charge in [0.25, 0.3) is 0 Å². The maximum atomic E-state index is 4.26. The molecule has 0 unspecified atom stereocenters. The predicted molar refractivity (Wildman–Crippen MR) is 45.5 cm³/mol. The Morgan fingerprint density at radius 3 is 3.00 bits per heavy atom. The molecule has 2 nitrogen and oxygen atoms in total. The molecule has 0 saturated carbocycles. The second-order valence-electron chi connectivity index (χ2n) is 2.80. The first kappa shape index (κ1) is 6.40. The highest BCUT2D eigenvalue weighted by molar-refractivity contribution is 5.79. The zero-order chi connectivity index (χ0) is 7.84. The Hall–Kier alpha value is -1.31. The van der Waals surface area contributed by atoms with Crippen LogP contribution in [0.4, 0.5) is 0 Å². The first-order valence-corrected chi connectivity index (χ1v) is 3.65. The van der Waals surface area contributed by atoms with Crippen LogP contribution in [0.2, 0.25) is 0 Å². The van der Waals surface area contributed by atoms with E-state index in [4.69, 9.17) is 0 Å². The molecule has 2 heterocycles. The Kier molecular flexibility index (Phi) is 1.22. The van der Waals surface area contributed by atoms with E-state index in [2.05, 4.69) is 24.2 Å². The van der Waals surface area contributed by atoms with Crippen LogP contribution in [0.3, 0.4) is 0 Å². The first-order valence-electron chi connectivity index (χ1n) is 3.65. The molecule has 0 aliphatic heterocycles. The predicted octanol–water partition coefficient (Wildman–Crippen LogP) is 1.88. The lowest BCUT2D eigenvalue weighted by molar-refractivity contribution is 0.944. The molecule has 2 aromatic rings. The molecule has 11 heavy (non-hydrogen) atoms. The van der Waals surface area contributed by atoms with Crippen LogP contribution in [-0.4, -0.2) is 9.55 Å². The van der Waals surface area contributed by atoms with Crippen LogP contribution in [-0.2, 0) is 7.05 Å². The summed E-state index contributed by atoms with van der Waals surface area (Å²) in [4.78, 5) is 4.26. The second-order valence-corrected chi connectivity index (χ2v) is 2.80. The highest BCUT2D eigenvalue weighted by Gasteiger charge is 2.00. The van der Waals surface area contributed by atoms with Gasteiger partial charge in [-0.1, -0.05) is 0 Å². The topological polar surface area (TPSA) is 17.8 Å². The van der Waals surface area contributed by atoms with E-state index in [9.17, 15) is 0 Å². The van der Waals surface area contributed by atoms with Crippen molar-refractivity contribution in [3.63, 3.8) is 0 Å². The summed E-state index contributed by atoms with van der Waals surface area (Å²) in [5.41, 5.74) is 2.35. The number of nitrogens with zero attached hydrogens (tertiary/aromatic N) is 2. The van der Waals surface area contributed by atoms with Crippen molar-refractivity contribution in [1.29, 1.82) is 0 Å². The maximum absolute atomic E-state index is 4.26. The molecular weight excluding hydrogens is 136 g/mol. The molecule has 0 fully saturated rings. The minimum absolute atomic E-state index is 1.06. The molecule has 2 rings (SSSR count). The van der Waals surface area contributed by atoms with Crippen LogP contribution in [0.1, 0.15) is 5.56 Å². The lowest BCUT2D eigenvalue weighted by Crippen LogP contribution is -1.85. The van der Waals surface area contributed by atoms with Gasteiger partial charge in [-0.3, -0.25) is 0 Å². The van der Waals surface area contributed by atoms with Gasteiger partial charge in [0.1, 0.15) is 5.65 Å². The summed E-state index contributed by atoms with van der Waals surface area (Å²) in [6.45, 7) is 2.10. The highest BCUT2D eigenvalue weighted by Crippen LogP contribution is 2.15. The van der Waals surface area contributed by atoms with Crippen molar-refractivity contribution in [3.8, 4) is 0 Å². The number of rotatable bonds is 0. The van der Waals surface area contributed by atoms with Gasteiger partial charge < -0.3 is 4.57 Å². The number of aryl methyl sites for hydroxylation is 2. The Morgan fingerprint density at radius 2 is 2.27 bits per heavy atom. The van der Waals surface area contributed by atoms with Crippen molar-refractivity contribution in [2.75, 3.05) is 0 Å². The van der Waals surface area contributed by atoms with Gasteiger partial charge >= 0.3 is 0 Å². The third-order valence-corrected chi connectivity index (χ3v) is 1.93. The van der Waals surface area contributed by atoms with Gasteiger partial charge in [0.05, 0.1) is 0 Å². The van der Waals surface area contributed by atoms with Crippen LogP contribution in [0.5, 0.6) is 0 Å². The summed E-state index contributed by atoms with van der Waals surface area (Å²) in [6.07, 6.45) is 3.92. The number of fused-ring (bicyclic) bond motifs is 1. The second kappa shape index (κ2) is 2.09. The fourth-order valence-corrected chi connectivity index (χ4v) is 1.41. The molecule has 0 aliphatic carbocycles. The molecule has 0 N–H and O–H groups in total. The molecule has 0 aromatic carbocycles. The van der Waals surface area contributed by atoms with Crippen LogP contribution in [0.25, 0.3) is 11.0 Å². The fraction of sp³-hybridized carbons (Fsp3) is 0.222. The zero-order valence-corrected chi connectivity index (χ0v) is 6.70. The van der Waals surface area contributed by atoms with Crippen molar-refractivity contribution >= 4 is 11.0 Å². The summed E-state index contributed by atoms with van der Waals surface area (Å²) in [5.74, 6) is 0. The van der Waals surface area contributed by atoms with Crippen molar-refractivity contribution in [1.82, 2.24) is 9.55 Å². The number of hydrogen-bond acceptors (Lipinski definition) is 1. The van der Waals surface area contributed by atoms with Crippen molar-refractivity contribution in [3.05, 3.63) is 30.1 Å². The average molecular weight is 146 g/mol. The van der Waals surface area contributed by atoms with Gasteiger partial charge in [0, 0.05) is 24.8 Å². The van der Waals surface area contributed by atoms with Crippen LogP contribution >= 0.6 is 0 Å². The first-order chi connectivity index (χ1) is 5.29. The summed E-state index contributed by atoms with van der Waals surface area (Å²) in [7, 11) is 2.02. The Labute approximate surface area is 65.5 Å². The molecule has 2 heteroatoms. The summed E-state index contributed by atoms with van der Waals surface area (Å²) >= 11 is 0. The molecule has 0 bridgehead atoms. The Morgan fingerprint density at radius 1 is 1.45 bits per heavy atom. The third-order valence-electron chi connectivity index (χ3n) is 1.93. The highest BCUT2D eigenvalue weighted by atomic mass is 15.0. The SMILES string of the molecule is Cc1cn(C)c2ncccc12. The maximum Gasteiger partial charge on any atom is 0.139 e. The molecule has 0 saturated heterocycles. The smallest absolute Gasteiger partial charge is 0.139 e. The van der Waals surface area contributed by atoms with Gasteiger partial charge in [0.2, 0.25) is 0 Å². The van der Waals surface area contributed by atoms with E-state index in [1.54, 1.807) is 0 Å². The monoisotopic (exact) mass is 146 g/mol. The minimum Gasteiger partial charge on any atom is -0.335 e. The molecule has 56 valence electrons. The van der Waals surface area contributed by atoms with E-state index < -0.39 is 0 Å². The number of pyridine rings is 1. The summed E-state index contributed by atoms with van der Waals surface area (Å²) in [5, 5.41) is 1.25. The van der Waals surface area contributed by atoms with E-state index in [1.165, 1.54) is 10.9 Å². The standard InChI is InChI=1S/C9H10N2/c1-7-6-11(2)9-8(7)4-3-5-10-9/h3-6H,1-2H3. The van der Waals surface area contributed by atoms with Gasteiger partial charge in [-0.15, -0.1) is 0 Å². The molecule has 0 spiro atoms. The minimum atomic E-state index is 1.06. The van der Waals surface area contributed by atoms with E-state index in [-0.39, 0.29) is 0 Å². The molecular formula is C9H10N2. The lowest BCUT2D eigenvalue weighted by atomic mass is 10.2. The molecule has 2 aromatic heterocycles. The third kappa shape index (κ3) is 0.827. The van der Waals surface area contributed by atoms with Gasteiger partial charge in [-0.2, -0.15) is 0 Å². The number of aromatic nitrogens is 2. The van der Waals surface area contributed by atoms with Crippen LogP contribution in [0.15, 0.2) is 24.5 Å². The average Bonchev–Trinajstić information content (AvgIpc) is 2.30. The largest absolute Gasteiger partial charge is 0.335 e. The Balaban J connectivity index is 2.95. The summed E-state index contributed by atoms with van der Waals surface area (Å²) in [6, 6.07) is 4.06. The van der Waals surface area contributed by atoms with Crippen molar-refractivity contribution < 1.29 is 0 Å². The lowest BCUT2D eigenvalue weighted by Gasteiger charge is -1.91. The van der Waals surface area contributed by atoms with E-state index >= 15 is 0 Å². The summed E-state index contributed by atoms with van der Waals surface area (Å²) < 4.78 is 2.05. The van der Waals surface area contributed by atoms with Gasteiger partial charge in [-0.25, -0.2) is 4.98 Å². The van der Waals surface area contributed by atoms with Gasteiger partial charge in [0.15, 0.2) is 0 Å². The van der Waals surface area contributed by atoms with Crippen LogP contribution in [0, 0.1) is 6.92 Å². The van der Waals surface area contributed by atoms with Crippen LogP contribution < -0.4 is 0 Å². The Bertz CT molecular complexity index is 351. The van der Waals surface area contributed by atoms with Crippen molar-refractivity contribution in [2.24, 2.45) is 7.05 Å². The molecule has 0 radical (unpaired) electrons. The van der Waals surface area contributed by atoms with E-state index in [0.717, 1.165) is 5.65 Å². The molecule has 0 aliphatic rings. The normalized spacial score (nSPS) is 10.7. The number of hydrogen-bond donors (Lipinski definition) is 0. The van der Waals surface area contributed by atoms with Crippen molar-refractivity contribution in [2.45, 2.75) is 6.92 Å². The molecule has 0 amide bonds. The quantitative estimate of drug-likeness (QED) is 0.555. The fourth-order valence-electron chi connectivity index (χ4n) is 1.41. The van der Waals surface area contributed by atoms with E-state index in [0.29, 0.717) is 0 Å². The molecule has 0 atom stereocenters. The zero-order valence-electron chi connectivity index (χ0n) is 6.70. The van der Waals surface area contributed by atoms with Gasteiger partial charge in [-0.05, 0) is 24.6 Å².